The molecule has 0 spiro atoms. The summed E-state index contributed by atoms with van der Waals surface area (Å²) in [5.74, 6) is -0.167. The van der Waals surface area contributed by atoms with Crippen molar-refractivity contribution in [2.75, 3.05) is 11.1 Å². The highest BCUT2D eigenvalue weighted by Gasteiger charge is 2.11. The minimum absolute atomic E-state index is 0. The van der Waals surface area contributed by atoms with Gasteiger partial charge in [-0.05, 0) is 38.5 Å². The zero-order valence-corrected chi connectivity index (χ0v) is 16.3. The van der Waals surface area contributed by atoms with Crippen LogP contribution in [0.4, 0.5) is 11.4 Å². The van der Waals surface area contributed by atoms with Crippen LogP contribution in [0.1, 0.15) is 22.6 Å². The number of benzene rings is 1. The van der Waals surface area contributed by atoms with Gasteiger partial charge in [-0.25, -0.2) is 0 Å². The van der Waals surface area contributed by atoms with E-state index in [1.54, 1.807) is 10.6 Å². The average Bonchev–Trinajstić information content (AvgIpc) is 2.67. The zero-order valence-electron chi connectivity index (χ0n) is 13.1. The van der Waals surface area contributed by atoms with Crippen LogP contribution in [0.15, 0.2) is 21.4 Å². The molecule has 1 aromatic heterocycles. The second-order valence-electron chi connectivity index (χ2n) is 5.14. The van der Waals surface area contributed by atoms with Crippen molar-refractivity contribution in [3.63, 3.8) is 0 Å². The quantitative estimate of drug-likeness (QED) is 0.741. The van der Waals surface area contributed by atoms with Gasteiger partial charge in [-0.2, -0.15) is 0 Å². The number of hydrogen-bond donors (Lipinski definition) is 2. The second kappa shape index (κ2) is 7.99. The Kier molecular flexibility index (Phi) is 6.85. The summed E-state index contributed by atoms with van der Waals surface area (Å²) in [5.41, 5.74) is 8.92. The number of nitrogen functional groups attached to an aromatic ring is 1. The van der Waals surface area contributed by atoms with Crippen molar-refractivity contribution in [3.05, 3.63) is 42.4 Å². The molecule has 1 aromatic carbocycles. The fourth-order valence-corrected chi connectivity index (χ4v) is 3.56. The summed E-state index contributed by atoms with van der Waals surface area (Å²) >= 11 is 4.59. The van der Waals surface area contributed by atoms with Gasteiger partial charge >= 0.3 is 4.87 Å². The largest absolute Gasteiger partial charge is 0.397 e. The molecular formula is C15H19BrClN3O2S. The molecule has 0 atom stereocenters. The predicted molar refractivity (Wildman–Crippen MR) is 102 cm³/mol. The monoisotopic (exact) mass is 419 g/mol. The third kappa shape index (κ3) is 4.59. The highest BCUT2D eigenvalue weighted by molar-refractivity contribution is 9.10. The van der Waals surface area contributed by atoms with Crippen molar-refractivity contribution in [2.24, 2.45) is 0 Å². The lowest BCUT2D eigenvalue weighted by Crippen LogP contribution is -2.20. The van der Waals surface area contributed by atoms with E-state index in [4.69, 9.17) is 5.73 Å². The van der Waals surface area contributed by atoms with Crippen LogP contribution in [-0.2, 0) is 11.3 Å². The van der Waals surface area contributed by atoms with Crippen LogP contribution >= 0.6 is 39.7 Å². The maximum atomic E-state index is 12.1. The molecule has 23 heavy (non-hydrogen) atoms. The molecule has 1 amide bonds. The lowest BCUT2D eigenvalue weighted by Gasteiger charge is -2.11. The maximum absolute atomic E-state index is 12.1. The van der Waals surface area contributed by atoms with Crippen molar-refractivity contribution in [3.8, 4) is 0 Å². The highest BCUT2D eigenvalue weighted by atomic mass is 79.9. The van der Waals surface area contributed by atoms with Crippen molar-refractivity contribution >= 4 is 57.0 Å². The van der Waals surface area contributed by atoms with Crippen molar-refractivity contribution in [2.45, 2.75) is 33.7 Å². The molecule has 0 aliphatic carbocycles. The molecule has 0 aliphatic heterocycles. The first-order chi connectivity index (χ1) is 10.3. The molecule has 0 saturated carbocycles. The van der Waals surface area contributed by atoms with Crippen LogP contribution in [0.2, 0.25) is 0 Å². The molecular weight excluding hydrogens is 402 g/mol. The van der Waals surface area contributed by atoms with E-state index in [2.05, 4.69) is 21.2 Å². The van der Waals surface area contributed by atoms with E-state index in [1.165, 1.54) is 11.3 Å². The maximum Gasteiger partial charge on any atom is 0.307 e. The SMILES string of the molecule is Cc1cc(Br)cc(NC(=O)CCn2c(C)c(C)sc2=O)c1N.Cl. The summed E-state index contributed by atoms with van der Waals surface area (Å²) in [5, 5.41) is 2.80. The Bertz CT molecular complexity index is 786. The van der Waals surface area contributed by atoms with E-state index in [0.29, 0.717) is 17.9 Å². The number of amides is 1. The fourth-order valence-electron chi connectivity index (χ4n) is 2.13. The molecule has 2 rings (SSSR count). The molecule has 0 fully saturated rings. The first-order valence-corrected chi connectivity index (χ1v) is 8.43. The van der Waals surface area contributed by atoms with Crippen molar-refractivity contribution < 1.29 is 4.79 Å². The first kappa shape index (κ1) is 19.7. The lowest BCUT2D eigenvalue weighted by atomic mass is 10.1. The van der Waals surface area contributed by atoms with Gasteiger partial charge in [0.2, 0.25) is 5.91 Å². The molecule has 2 aromatic rings. The summed E-state index contributed by atoms with van der Waals surface area (Å²) in [6, 6.07) is 3.66. The van der Waals surface area contributed by atoms with Gasteiger partial charge in [0.1, 0.15) is 0 Å². The van der Waals surface area contributed by atoms with Gasteiger partial charge in [-0.3, -0.25) is 9.59 Å². The van der Waals surface area contributed by atoms with Crippen molar-refractivity contribution in [1.82, 2.24) is 4.57 Å². The number of carbonyl (C=O) groups is 1. The van der Waals surface area contributed by atoms with Gasteiger partial charge in [-0.1, -0.05) is 27.3 Å². The number of aryl methyl sites for hydroxylation is 2. The molecule has 5 nitrogen and oxygen atoms in total. The van der Waals surface area contributed by atoms with E-state index in [1.807, 2.05) is 26.8 Å². The molecule has 0 bridgehead atoms. The Morgan fingerprint density at radius 1 is 1.35 bits per heavy atom. The van der Waals surface area contributed by atoms with Crippen LogP contribution in [-0.4, -0.2) is 10.5 Å². The summed E-state index contributed by atoms with van der Waals surface area (Å²) in [6.45, 7) is 6.05. The zero-order chi connectivity index (χ0) is 16.4. The Hall–Kier alpha value is -1.31. The van der Waals surface area contributed by atoms with Gasteiger partial charge in [0.15, 0.2) is 0 Å². The van der Waals surface area contributed by atoms with Crippen LogP contribution in [0.3, 0.4) is 0 Å². The van der Waals surface area contributed by atoms with Gasteiger partial charge < -0.3 is 15.6 Å². The van der Waals surface area contributed by atoms with Crippen molar-refractivity contribution in [1.29, 1.82) is 0 Å². The molecule has 0 radical (unpaired) electrons. The average molecular weight is 421 g/mol. The smallest absolute Gasteiger partial charge is 0.307 e. The van der Waals surface area contributed by atoms with Crippen LogP contribution in [0.5, 0.6) is 0 Å². The standard InChI is InChI=1S/C15H18BrN3O2S.ClH/c1-8-6-11(16)7-12(14(8)17)18-13(20)4-5-19-9(2)10(3)22-15(19)21;/h6-7H,4-5,17H2,1-3H3,(H,18,20);1H. The van der Waals surface area contributed by atoms with Gasteiger partial charge in [0.25, 0.3) is 0 Å². The molecule has 1 heterocycles. The molecule has 126 valence electrons. The normalized spacial score (nSPS) is 10.3. The minimum Gasteiger partial charge on any atom is -0.397 e. The number of anilines is 2. The van der Waals surface area contributed by atoms with E-state index in [0.717, 1.165) is 20.6 Å². The number of carbonyl (C=O) groups excluding carboxylic acids is 1. The third-order valence-electron chi connectivity index (χ3n) is 3.56. The second-order valence-corrected chi connectivity index (χ2v) is 7.22. The third-order valence-corrected chi connectivity index (χ3v) is 5.02. The Morgan fingerprint density at radius 2 is 2.00 bits per heavy atom. The lowest BCUT2D eigenvalue weighted by molar-refractivity contribution is -0.116. The Balaban J connectivity index is 0.00000264. The van der Waals surface area contributed by atoms with Crippen LogP contribution in [0, 0.1) is 20.8 Å². The van der Waals surface area contributed by atoms with E-state index >= 15 is 0 Å². The number of hydrogen-bond acceptors (Lipinski definition) is 4. The number of nitrogens with zero attached hydrogens (tertiary/aromatic N) is 1. The number of rotatable bonds is 4. The summed E-state index contributed by atoms with van der Waals surface area (Å²) < 4.78 is 2.49. The highest BCUT2D eigenvalue weighted by Crippen LogP contribution is 2.27. The molecule has 0 saturated heterocycles. The molecule has 8 heteroatoms. The Labute approximate surface area is 153 Å². The van der Waals surface area contributed by atoms with E-state index < -0.39 is 0 Å². The van der Waals surface area contributed by atoms with Gasteiger partial charge in [-0.15, -0.1) is 12.4 Å². The fraction of sp³-hybridized carbons (Fsp3) is 0.333. The summed E-state index contributed by atoms with van der Waals surface area (Å²) in [7, 11) is 0. The number of nitrogens with two attached hydrogens (primary N) is 1. The predicted octanol–water partition coefficient (Wildman–Crippen LogP) is 3.63. The number of thiazole rings is 1. The van der Waals surface area contributed by atoms with Gasteiger partial charge in [0.05, 0.1) is 11.4 Å². The molecule has 3 N–H and O–H groups in total. The topological polar surface area (TPSA) is 77.1 Å². The van der Waals surface area contributed by atoms with E-state index in [9.17, 15) is 9.59 Å². The summed E-state index contributed by atoms with van der Waals surface area (Å²) in [4.78, 5) is 24.9. The summed E-state index contributed by atoms with van der Waals surface area (Å²) in [6.07, 6.45) is 0.224. The minimum atomic E-state index is -0.167. The number of halogens is 2. The molecule has 0 unspecified atom stereocenters. The number of aromatic nitrogens is 1. The number of nitrogens with one attached hydrogen (secondary N) is 1. The first-order valence-electron chi connectivity index (χ1n) is 6.82. The van der Waals surface area contributed by atoms with Crippen LogP contribution < -0.4 is 15.9 Å². The van der Waals surface area contributed by atoms with E-state index in [-0.39, 0.29) is 29.6 Å². The van der Waals surface area contributed by atoms with Gasteiger partial charge in [0, 0.05) is 28.0 Å². The Morgan fingerprint density at radius 3 is 2.57 bits per heavy atom. The van der Waals surface area contributed by atoms with Crippen LogP contribution in [0.25, 0.3) is 0 Å². The molecule has 0 aliphatic rings.